The van der Waals surface area contributed by atoms with Gasteiger partial charge in [0, 0.05) is 5.56 Å². The highest BCUT2D eigenvalue weighted by molar-refractivity contribution is 5.67. The molecule has 0 spiro atoms. The maximum absolute atomic E-state index is 14.1. The van der Waals surface area contributed by atoms with Crippen molar-refractivity contribution in [3.8, 4) is 16.9 Å². The predicted molar refractivity (Wildman–Crippen MR) is 77.7 cm³/mol. The van der Waals surface area contributed by atoms with E-state index in [1.807, 2.05) is 0 Å². The Balaban J connectivity index is 2.38. The van der Waals surface area contributed by atoms with Gasteiger partial charge in [-0.3, -0.25) is 0 Å². The number of hydrogen-bond donors (Lipinski definition) is 0. The molecule has 0 N–H and O–H groups in total. The molecule has 0 saturated heterocycles. The van der Waals surface area contributed by atoms with Crippen LogP contribution < -0.4 is 4.74 Å². The van der Waals surface area contributed by atoms with Gasteiger partial charge < -0.3 is 4.74 Å². The summed E-state index contributed by atoms with van der Waals surface area (Å²) in [5, 5.41) is 0. The van der Waals surface area contributed by atoms with Crippen LogP contribution in [-0.2, 0) is 0 Å². The first-order chi connectivity index (χ1) is 10.0. The van der Waals surface area contributed by atoms with Crippen LogP contribution in [0.2, 0.25) is 0 Å². The van der Waals surface area contributed by atoms with Crippen LogP contribution in [0.3, 0.4) is 0 Å². The van der Waals surface area contributed by atoms with Crippen LogP contribution >= 0.6 is 0 Å². The van der Waals surface area contributed by atoms with E-state index in [0.717, 1.165) is 0 Å². The largest absolute Gasteiger partial charge is 0.491 e. The summed E-state index contributed by atoms with van der Waals surface area (Å²) in [6.07, 6.45) is 1.36. The molecule has 1 nitrogen and oxygen atoms in total. The van der Waals surface area contributed by atoms with Crippen molar-refractivity contribution in [1.29, 1.82) is 0 Å². The standard InChI is InChI=1S/C17H15F3O/c1-3-21-15-9-8-14(16(19)17(15)20)13-6-4-12(5-7-13)10-11(2)18/h4-10H,3H2,1-2H3/b11-10-. The van der Waals surface area contributed by atoms with E-state index in [0.29, 0.717) is 11.1 Å². The molecule has 0 radical (unpaired) electrons. The fraction of sp³-hybridized carbons (Fsp3) is 0.176. The van der Waals surface area contributed by atoms with E-state index in [1.54, 1.807) is 31.2 Å². The van der Waals surface area contributed by atoms with E-state index >= 15 is 0 Å². The topological polar surface area (TPSA) is 9.23 Å². The molecule has 0 saturated carbocycles. The fourth-order valence-corrected chi connectivity index (χ4v) is 2.01. The number of ether oxygens (including phenoxy) is 1. The SMILES string of the molecule is CCOc1ccc(-c2ccc(/C=C(/C)F)cc2)c(F)c1F. The van der Waals surface area contributed by atoms with Crippen molar-refractivity contribution in [3.63, 3.8) is 0 Å². The Morgan fingerprint density at radius 1 is 1.05 bits per heavy atom. The normalized spacial score (nSPS) is 11.6. The molecule has 0 aliphatic carbocycles. The summed E-state index contributed by atoms with van der Waals surface area (Å²) in [6, 6.07) is 9.39. The Kier molecular flexibility index (Phi) is 4.68. The molecule has 4 heteroatoms. The second kappa shape index (κ2) is 6.48. The average molecular weight is 292 g/mol. The quantitative estimate of drug-likeness (QED) is 0.737. The predicted octanol–water partition coefficient (Wildman–Crippen LogP) is 5.36. The summed E-state index contributed by atoms with van der Waals surface area (Å²) in [5.74, 6) is -2.38. The van der Waals surface area contributed by atoms with Gasteiger partial charge in [0.2, 0.25) is 5.82 Å². The lowest BCUT2D eigenvalue weighted by Crippen LogP contribution is -1.98. The minimum atomic E-state index is -1.00. The van der Waals surface area contributed by atoms with E-state index in [2.05, 4.69) is 0 Å². The van der Waals surface area contributed by atoms with E-state index in [1.165, 1.54) is 25.1 Å². The van der Waals surface area contributed by atoms with Crippen molar-refractivity contribution in [2.45, 2.75) is 13.8 Å². The van der Waals surface area contributed by atoms with Crippen molar-refractivity contribution >= 4 is 6.08 Å². The van der Waals surface area contributed by atoms with Gasteiger partial charge in [-0.2, -0.15) is 4.39 Å². The van der Waals surface area contributed by atoms with Crippen LogP contribution in [0.5, 0.6) is 5.75 Å². The van der Waals surface area contributed by atoms with Crippen molar-refractivity contribution in [2.24, 2.45) is 0 Å². The first-order valence-corrected chi connectivity index (χ1v) is 6.58. The highest BCUT2D eigenvalue weighted by atomic mass is 19.2. The minimum absolute atomic E-state index is 0.105. The average Bonchev–Trinajstić information content (AvgIpc) is 2.45. The van der Waals surface area contributed by atoms with Crippen molar-refractivity contribution in [1.82, 2.24) is 0 Å². The maximum Gasteiger partial charge on any atom is 0.201 e. The highest BCUT2D eigenvalue weighted by Crippen LogP contribution is 2.30. The lowest BCUT2D eigenvalue weighted by molar-refractivity contribution is 0.314. The molecule has 21 heavy (non-hydrogen) atoms. The van der Waals surface area contributed by atoms with E-state index in [4.69, 9.17) is 4.74 Å². The monoisotopic (exact) mass is 292 g/mol. The Morgan fingerprint density at radius 2 is 1.71 bits per heavy atom. The number of hydrogen-bond acceptors (Lipinski definition) is 1. The van der Waals surface area contributed by atoms with Crippen molar-refractivity contribution in [3.05, 3.63) is 59.4 Å². The summed E-state index contributed by atoms with van der Waals surface area (Å²) in [4.78, 5) is 0. The van der Waals surface area contributed by atoms with Crippen LogP contribution in [0.15, 0.2) is 42.2 Å². The summed E-state index contributed by atoms with van der Waals surface area (Å²) >= 11 is 0. The van der Waals surface area contributed by atoms with Crippen LogP contribution in [0.25, 0.3) is 17.2 Å². The Bertz CT molecular complexity index is 656. The zero-order chi connectivity index (χ0) is 15.4. The lowest BCUT2D eigenvalue weighted by Gasteiger charge is -2.09. The number of allylic oxidation sites excluding steroid dienone is 1. The molecule has 2 rings (SSSR count). The van der Waals surface area contributed by atoms with Crippen LogP contribution in [0.1, 0.15) is 19.4 Å². The zero-order valence-electron chi connectivity index (χ0n) is 11.8. The molecule has 110 valence electrons. The van der Waals surface area contributed by atoms with E-state index in [-0.39, 0.29) is 23.7 Å². The Labute approximate surface area is 121 Å². The van der Waals surface area contributed by atoms with Gasteiger partial charge in [0.1, 0.15) is 0 Å². The van der Waals surface area contributed by atoms with Gasteiger partial charge in [0.25, 0.3) is 0 Å². The third kappa shape index (κ3) is 3.45. The molecule has 0 atom stereocenters. The summed E-state index contributed by atoms with van der Waals surface area (Å²) in [5.41, 5.74) is 1.32. The van der Waals surface area contributed by atoms with Gasteiger partial charge in [0.15, 0.2) is 11.6 Å². The smallest absolute Gasteiger partial charge is 0.201 e. The molecule has 0 aliphatic heterocycles. The molecule has 0 fully saturated rings. The Morgan fingerprint density at radius 3 is 2.29 bits per heavy atom. The summed E-state index contributed by atoms with van der Waals surface area (Å²) < 4.78 is 45.7. The number of rotatable bonds is 4. The van der Waals surface area contributed by atoms with Crippen molar-refractivity contribution < 1.29 is 17.9 Å². The maximum atomic E-state index is 14.1. The molecule has 0 aromatic heterocycles. The van der Waals surface area contributed by atoms with Gasteiger partial charge >= 0.3 is 0 Å². The van der Waals surface area contributed by atoms with Gasteiger partial charge in [-0.1, -0.05) is 24.3 Å². The fourth-order valence-electron chi connectivity index (χ4n) is 2.01. The van der Waals surface area contributed by atoms with Crippen LogP contribution in [-0.4, -0.2) is 6.61 Å². The molecule has 0 amide bonds. The molecule has 0 heterocycles. The first kappa shape index (κ1) is 15.2. The minimum Gasteiger partial charge on any atom is -0.491 e. The number of benzene rings is 2. The van der Waals surface area contributed by atoms with Crippen LogP contribution in [0, 0.1) is 11.6 Å². The Hall–Kier alpha value is -2.23. The van der Waals surface area contributed by atoms with Gasteiger partial charge in [-0.05, 0) is 43.2 Å². The van der Waals surface area contributed by atoms with Crippen molar-refractivity contribution in [2.75, 3.05) is 6.61 Å². The molecule has 0 aliphatic rings. The van der Waals surface area contributed by atoms with Gasteiger partial charge in [-0.15, -0.1) is 0 Å². The third-order valence-electron chi connectivity index (χ3n) is 2.93. The second-order valence-electron chi connectivity index (χ2n) is 4.53. The van der Waals surface area contributed by atoms with E-state index in [9.17, 15) is 13.2 Å². The molecule has 0 bridgehead atoms. The second-order valence-corrected chi connectivity index (χ2v) is 4.53. The molecular formula is C17H15F3O. The van der Waals surface area contributed by atoms with Crippen LogP contribution in [0.4, 0.5) is 13.2 Å². The zero-order valence-corrected chi connectivity index (χ0v) is 11.8. The molecule has 2 aromatic carbocycles. The third-order valence-corrected chi connectivity index (χ3v) is 2.93. The van der Waals surface area contributed by atoms with Gasteiger partial charge in [-0.25, -0.2) is 8.78 Å². The first-order valence-electron chi connectivity index (χ1n) is 6.58. The van der Waals surface area contributed by atoms with E-state index < -0.39 is 11.6 Å². The molecule has 0 unspecified atom stereocenters. The highest BCUT2D eigenvalue weighted by Gasteiger charge is 2.15. The molecular weight excluding hydrogens is 277 g/mol. The number of halogens is 3. The summed E-state index contributed by atoms with van der Waals surface area (Å²) in [6.45, 7) is 3.30. The van der Waals surface area contributed by atoms with Gasteiger partial charge in [0.05, 0.1) is 12.4 Å². The summed E-state index contributed by atoms with van der Waals surface area (Å²) in [7, 11) is 0. The lowest BCUT2D eigenvalue weighted by atomic mass is 10.0. The molecule has 2 aromatic rings.